The molecule has 2 rings (SSSR count). The fraction of sp³-hybridized carbons (Fsp3) is 0.167. The lowest BCUT2D eigenvalue weighted by Gasteiger charge is -2.07. The monoisotopic (exact) mass is 311 g/mol. The number of rotatable bonds is 3. The van der Waals surface area contributed by atoms with Gasteiger partial charge in [-0.3, -0.25) is 9.48 Å². The van der Waals surface area contributed by atoms with Crippen molar-refractivity contribution in [2.45, 2.75) is 13.5 Å². The molecule has 4 nitrogen and oxygen atoms in total. The minimum Gasteiger partial charge on any atom is -0.318 e. The molecule has 0 saturated carbocycles. The number of nitrogens with zero attached hydrogens (tertiary/aromatic N) is 2. The van der Waals surface area contributed by atoms with E-state index in [4.69, 9.17) is 0 Å². The molecule has 0 spiro atoms. The number of nitrogens with one attached hydrogen (secondary N) is 1. The van der Waals surface area contributed by atoms with E-state index in [0.29, 0.717) is 16.7 Å². The van der Waals surface area contributed by atoms with Gasteiger partial charge in [0.05, 0.1) is 5.69 Å². The van der Waals surface area contributed by atoms with Crippen molar-refractivity contribution in [3.63, 3.8) is 0 Å². The summed E-state index contributed by atoms with van der Waals surface area (Å²) in [6.45, 7) is 2.46. The Balaban J connectivity index is 2.21. The molecule has 94 valence electrons. The smallest absolute Gasteiger partial charge is 0.274 e. The standard InChI is InChI=1S/C12H11BrFN3O/c1-2-17-11(5-6-15-17)12(18)16-10-4-3-8(13)7-9(10)14/h3-7H,2H2,1H3,(H,16,18). The topological polar surface area (TPSA) is 46.9 Å². The van der Waals surface area contributed by atoms with Crippen LogP contribution < -0.4 is 5.32 Å². The first-order chi connectivity index (χ1) is 8.61. The summed E-state index contributed by atoms with van der Waals surface area (Å²) < 4.78 is 15.7. The van der Waals surface area contributed by atoms with Crippen molar-refractivity contribution in [2.24, 2.45) is 0 Å². The van der Waals surface area contributed by atoms with Gasteiger partial charge in [-0.1, -0.05) is 15.9 Å². The van der Waals surface area contributed by atoms with Crippen molar-refractivity contribution in [3.05, 3.63) is 46.4 Å². The van der Waals surface area contributed by atoms with E-state index in [2.05, 4.69) is 26.3 Å². The van der Waals surface area contributed by atoms with Crippen LogP contribution in [0.1, 0.15) is 17.4 Å². The summed E-state index contributed by atoms with van der Waals surface area (Å²) in [5.41, 5.74) is 0.548. The third-order valence-electron chi connectivity index (χ3n) is 2.43. The molecule has 0 radical (unpaired) electrons. The van der Waals surface area contributed by atoms with Gasteiger partial charge in [-0.25, -0.2) is 4.39 Å². The fourth-order valence-electron chi connectivity index (χ4n) is 1.55. The SMILES string of the molecule is CCn1nccc1C(=O)Nc1ccc(Br)cc1F. The van der Waals surface area contributed by atoms with Gasteiger partial charge in [0.2, 0.25) is 0 Å². The minimum absolute atomic E-state index is 0.145. The number of aryl methyl sites for hydroxylation is 1. The lowest BCUT2D eigenvalue weighted by atomic mass is 10.3. The van der Waals surface area contributed by atoms with Gasteiger partial charge in [0.15, 0.2) is 0 Å². The normalized spacial score (nSPS) is 10.4. The molecule has 0 atom stereocenters. The second-order valence-corrected chi connectivity index (χ2v) is 4.53. The summed E-state index contributed by atoms with van der Waals surface area (Å²) in [6, 6.07) is 6.06. The van der Waals surface area contributed by atoms with E-state index in [1.165, 1.54) is 18.3 Å². The predicted octanol–water partition coefficient (Wildman–Crippen LogP) is 3.06. The van der Waals surface area contributed by atoms with Gasteiger partial charge in [-0.05, 0) is 31.2 Å². The molecule has 2 aromatic rings. The van der Waals surface area contributed by atoms with E-state index in [0.717, 1.165) is 0 Å². The van der Waals surface area contributed by atoms with E-state index >= 15 is 0 Å². The molecule has 0 fully saturated rings. The first-order valence-electron chi connectivity index (χ1n) is 5.40. The van der Waals surface area contributed by atoms with Gasteiger partial charge < -0.3 is 5.32 Å². The highest BCUT2D eigenvalue weighted by Gasteiger charge is 2.13. The average molecular weight is 312 g/mol. The third-order valence-corrected chi connectivity index (χ3v) is 2.92. The van der Waals surface area contributed by atoms with Crippen molar-refractivity contribution in [1.82, 2.24) is 9.78 Å². The maximum atomic E-state index is 13.6. The van der Waals surface area contributed by atoms with E-state index in [1.807, 2.05) is 6.92 Å². The maximum Gasteiger partial charge on any atom is 0.274 e. The van der Waals surface area contributed by atoms with E-state index < -0.39 is 5.82 Å². The summed E-state index contributed by atoms with van der Waals surface area (Å²) in [4.78, 5) is 11.9. The molecule has 18 heavy (non-hydrogen) atoms. The molecule has 1 heterocycles. The lowest BCUT2D eigenvalue weighted by molar-refractivity contribution is 0.101. The first-order valence-corrected chi connectivity index (χ1v) is 6.19. The highest BCUT2D eigenvalue weighted by atomic mass is 79.9. The Kier molecular flexibility index (Phi) is 3.76. The largest absolute Gasteiger partial charge is 0.318 e. The number of hydrogen-bond donors (Lipinski definition) is 1. The number of aromatic nitrogens is 2. The van der Waals surface area contributed by atoms with Gasteiger partial charge in [0, 0.05) is 17.2 Å². The zero-order valence-corrected chi connectivity index (χ0v) is 11.2. The van der Waals surface area contributed by atoms with Gasteiger partial charge >= 0.3 is 0 Å². The molecule has 0 saturated heterocycles. The van der Waals surface area contributed by atoms with E-state index in [1.54, 1.807) is 16.8 Å². The summed E-state index contributed by atoms with van der Waals surface area (Å²) in [5.74, 6) is -0.865. The molecule has 1 amide bonds. The zero-order chi connectivity index (χ0) is 13.1. The number of amides is 1. The molecule has 0 bridgehead atoms. The van der Waals surface area contributed by atoms with Crippen LogP contribution in [0.25, 0.3) is 0 Å². The molecule has 0 aliphatic rings. The van der Waals surface area contributed by atoms with E-state index in [-0.39, 0.29) is 11.6 Å². The average Bonchev–Trinajstić information content (AvgIpc) is 2.81. The van der Waals surface area contributed by atoms with Crippen LogP contribution >= 0.6 is 15.9 Å². The van der Waals surface area contributed by atoms with Gasteiger partial charge in [-0.15, -0.1) is 0 Å². The van der Waals surface area contributed by atoms with Crippen LogP contribution in [0, 0.1) is 5.82 Å². The molecule has 1 aromatic carbocycles. The molecular weight excluding hydrogens is 301 g/mol. The van der Waals surface area contributed by atoms with Crippen LogP contribution in [-0.2, 0) is 6.54 Å². The molecule has 0 aliphatic carbocycles. The highest BCUT2D eigenvalue weighted by molar-refractivity contribution is 9.10. The predicted molar refractivity (Wildman–Crippen MR) is 70.0 cm³/mol. The van der Waals surface area contributed by atoms with Gasteiger partial charge in [0.25, 0.3) is 5.91 Å². The number of hydrogen-bond acceptors (Lipinski definition) is 2. The molecule has 0 aliphatic heterocycles. The Bertz CT molecular complexity index is 582. The van der Waals surface area contributed by atoms with Crippen molar-refractivity contribution in [1.29, 1.82) is 0 Å². The number of halogens is 2. The molecule has 1 N–H and O–H groups in total. The Hall–Kier alpha value is -1.69. The van der Waals surface area contributed by atoms with Gasteiger partial charge in [0.1, 0.15) is 11.5 Å². The Morgan fingerprint density at radius 3 is 2.94 bits per heavy atom. The summed E-state index contributed by atoms with van der Waals surface area (Å²) in [6.07, 6.45) is 1.54. The Morgan fingerprint density at radius 1 is 1.50 bits per heavy atom. The first kappa shape index (κ1) is 12.8. The number of carbonyl (C=O) groups excluding carboxylic acids is 1. The summed E-state index contributed by atoms with van der Waals surface area (Å²) >= 11 is 3.16. The molecule has 0 unspecified atom stereocenters. The summed E-state index contributed by atoms with van der Waals surface area (Å²) in [7, 11) is 0. The van der Waals surface area contributed by atoms with Crippen LogP contribution in [0.5, 0.6) is 0 Å². The highest BCUT2D eigenvalue weighted by Crippen LogP contribution is 2.19. The van der Waals surface area contributed by atoms with Crippen molar-refractivity contribution >= 4 is 27.5 Å². The molecule has 1 aromatic heterocycles. The lowest BCUT2D eigenvalue weighted by Crippen LogP contribution is -2.18. The van der Waals surface area contributed by atoms with Crippen LogP contribution in [0.4, 0.5) is 10.1 Å². The second-order valence-electron chi connectivity index (χ2n) is 3.61. The minimum atomic E-state index is -0.486. The Morgan fingerprint density at radius 2 is 2.28 bits per heavy atom. The zero-order valence-electron chi connectivity index (χ0n) is 9.65. The van der Waals surface area contributed by atoms with Crippen LogP contribution in [0.3, 0.4) is 0 Å². The Labute approximate surface area is 112 Å². The van der Waals surface area contributed by atoms with Crippen molar-refractivity contribution in [2.75, 3.05) is 5.32 Å². The van der Waals surface area contributed by atoms with E-state index in [9.17, 15) is 9.18 Å². The fourth-order valence-corrected chi connectivity index (χ4v) is 1.89. The number of anilines is 1. The summed E-state index contributed by atoms with van der Waals surface area (Å²) in [5, 5.41) is 6.51. The van der Waals surface area contributed by atoms with Crippen LogP contribution in [0.2, 0.25) is 0 Å². The number of benzene rings is 1. The molecular formula is C12H11BrFN3O. The molecule has 6 heteroatoms. The quantitative estimate of drug-likeness (QED) is 0.947. The van der Waals surface area contributed by atoms with Crippen molar-refractivity contribution in [3.8, 4) is 0 Å². The number of carbonyl (C=O) groups is 1. The second kappa shape index (κ2) is 5.30. The van der Waals surface area contributed by atoms with Crippen molar-refractivity contribution < 1.29 is 9.18 Å². The third kappa shape index (κ3) is 2.59. The van der Waals surface area contributed by atoms with Crippen LogP contribution in [-0.4, -0.2) is 15.7 Å². The van der Waals surface area contributed by atoms with Gasteiger partial charge in [-0.2, -0.15) is 5.10 Å². The maximum absolute atomic E-state index is 13.6. The van der Waals surface area contributed by atoms with Crippen LogP contribution in [0.15, 0.2) is 34.9 Å².